The first-order chi connectivity index (χ1) is 13.1. The van der Waals surface area contributed by atoms with Gasteiger partial charge in [-0.25, -0.2) is 4.98 Å². The van der Waals surface area contributed by atoms with Crippen LogP contribution in [0.1, 0.15) is 17.0 Å². The van der Waals surface area contributed by atoms with E-state index in [1.54, 1.807) is 26.2 Å². The number of hydrogen-bond donors (Lipinski definition) is 2. The Labute approximate surface area is 157 Å². The van der Waals surface area contributed by atoms with Gasteiger partial charge in [0.2, 0.25) is 11.8 Å². The molecule has 3 rings (SSSR count). The van der Waals surface area contributed by atoms with Crippen molar-refractivity contribution in [1.29, 1.82) is 0 Å². The summed E-state index contributed by atoms with van der Waals surface area (Å²) in [4.78, 5) is 16.7. The van der Waals surface area contributed by atoms with Crippen molar-refractivity contribution in [1.82, 2.24) is 10.3 Å². The number of aromatic nitrogens is 1. The minimum atomic E-state index is -0.145. The van der Waals surface area contributed by atoms with Gasteiger partial charge in [-0.3, -0.25) is 4.79 Å². The molecule has 140 valence electrons. The van der Waals surface area contributed by atoms with Gasteiger partial charge in [-0.05, 0) is 37.1 Å². The smallest absolute Gasteiger partial charge is 0.230 e. The first-order valence-corrected chi connectivity index (χ1v) is 8.71. The van der Waals surface area contributed by atoms with Gasteiger partial charge < -0.3 is 19.6 Å². The van der Waals surface area contributed by atoms with E-state index in [4.69, 9.17) is 9.15 Å². The highest BCUT2D eigenvalue weighted by Gasteiger charge is 2.17. The fourth-order valence-corrected chi connectivity index (χ4v) is 2.80. The van der Waals surface area contributed by atoms with E-state index in [1.807, 2.05) is 36.4 Å². The minimum absolute atomic E-state index is 0.130. The van der Waals surface area contributed by atoms with Crippen LogP contribution in [0.4, 0.5) is 0 Å². The maximum Gasteiger partial charge on any atom is 0.230 e. The third kappa shape index (κ3) is 4.47. The van der Waals surface area contributed by atoms with E-state index in [0.717, 1.165) is 11.1 Å². The molecular weight excluding hydrogens is 344 g/mol. The molecule has 0 aliphatic carbocycles. The molecule has 6 nitrogen and oxygen atoms in total. The number of para-hydroxylation sites is 2. The van der Waals surface area contributed by atoms with E-state index in [0.29, 0.717) is 36.1 Å². The fourth-order valence-electron chi connectivity index (χ4n) is 2.80. The lowest BCUT2D eigenvalue weighted by molar-refractivity contribution is -0.120. The molecule has 0 aliphatic heterocycles. The second-order valence-electron chi connectivity index (χ2n) is 6.13. The normalized spacial score (nSPS) is 10.6. The summed E-state index contributed by atoms with van der Waals surface area (Å²) in [6.07, 6.45) is 0.688. The Kier molecular flexibility index (Phi) is 5.76. The number of phenols is 1. The average Bonchev–Trinajstić information content (AvgIpc) is 3.03. The lowest BCUT2D eigenvalue weighted by Gasteiger charge is -2.06. The van der Waals surface area contributed by atoms with Crippen molar-refractivity contribution in [3.05, 3.63) is 65.5 Å². The number of carbonyl (C=O) groups excluding carboxylic acids is 1. The van der Waals surface area contributed by atoms with E-state index in [9.17, 15) is 9.90 Å². The number of ether oxygens (including phenoxy) is 1. The third-order valence-corrected chi connectivity index (χ3v) is 4.27. The first kappa shape index (κ1) is 18.5. The summed E-state index contributed by atoms with van der Waals surface area (Å²) in [6.45, 7) is 2.23. The number of aromatic hydroxyl groups is 1. The second-order valence-corrected chi connectivity index (χ2v) is 6.13. The maximum absolute atomic E-state index is 12.2. The van der Waals surface area contributed by atoms with Gasteiger partial charge >= 0.3 is 0 Å². The summed E-state index contributed by atoms with van der Waals surface area (Å²) in [6, 6.07) is 14.5. The molecule has 3 aromatic rings. The van der Waals surface area contributed by atoms with Crippen molar-refractivity contribution in [2.24, 2.45) is 0 Å². The molecule has 0 spiro atoms. The highest BCUT2D eigenvalue weighted by molar-refractivity contribution is 5.78. The number of benzene rings is 2. The molecule has 0 fully saturated rings. The van der Waals surface area contributed by atoms with Crippen LogP contribution in [0.5, 0.6) is 11.5 Å². The Morgan fingerprint density at radius 1 is 1.19 bits per heavy atom. The van der Waals surface area contributed by atoms with Gasteiger partial charge in [0.1, 0.15) is 17.3 Å². The number of oxazole rings is 1. The zero-order chi connectivity index (χ0) is 19.2. The molecule has 2 aromatic carbocycles. The van der Waals surface area contributed by atoms with Crippen molar-refractivity contribution in [2.45, 2.75) is 19.8 Å². The molecule has 0 bridgehead atoms. The zero-order valence-electron chi connectivity index (χ0n) is 15.4. The number of carbonyl (C=O) groups is 1. The number of nitrogens with zero attached hydrogens (tertiary/aromatic N) is 1. The Balaban J connectivity index is 1.61. The van der Waals surface area contributed by atoms with E-state index < -0.39 is 0 Å². The molecule has 0 saturated carbocycles. The monoisotopic (exact) mass is 366 g/mol. The van der Waals surface area contributed by atoms with Crippen molar-refractivity contribution in [2.75, 3.05) is 13.7 Å². The molecule has 1 aromatic heterocycles. The van der Waals surface area contributed by atoms with E-state index >= 15 is 0 Å². The number of rotatable bonds is 7. The lowest BCUT2D eigenvalue weighted by atomic mass is 10.1. The number of hydrogen-bond acceptors (Lipinski definition) is 5. The third-order valence-electron chi connectivity index (χ3n) is 4.27. The van der Waals surface area contributed by atoms with Crippen molar-refractivity contribution < 1.29 is 19.1 Å². The van der Waals surface area contributed by atoms with Crippen LogP contribution in [-0.2, 0) is 17.6 Å². The number of amides is 1. The fraction of sp³-hybridized carbons (Fsp3) is 0.238. The van der Waals surface area contributed by atoms with E-state index in [1.165, 1.54) is 0 Å². The van der Waals surface area contributed by atoms with Crippen LogP contribution in [0.15, 0.2) is 52.9 Å². The highest BCUT2D eigenvalue weighted by Crippen LogP contribution is 2.30. The Bertz CT molecular complexity index is 933. The SMILES string of the molecule is COc1ccccc1-c1nc(CC(=O)NCCc2ccccc2O)c(C)o1. The Hall–Kier alpha value is -3.28. The predicted molar refractivity (Wildman–Crippen MR) is 102 cm³/mol. The second kappa shape index (κ2) is 8.40. The number of phenolic OH excluding ortho intramolecular Hbond substituents is 1. The van der Waals surface area contributed by atoms with Gasteiger partial charge in [0, 0.05) is 6.54 Å². The van der Waals surface area contributed by atoms with Crippen molar-refractivity contribution in [3.8, 4) is 23.0 Å². The van der Waals surface area contributed by atoms with Crippen molar-refractivity contribution in [3.63, 3.8) is 0 Å². The molecule has 6 heteroatoms. The summed E-state index contributed by atoms with van der Waals surface area (Å²) in [5.74, 6) is 1.79. The number of nitrogens with one attached hydrogen (secondary N) is 1. The Morgan fingerprint density at radius 3 is 2.70 bits per heavy atom. The standard InChI is InChI=1S/C21H22N2O4/c1-14-17(23-21(27-14)16-8-4-6-10-19(16)26-2)13-20(25)22-12-11-15-7-3-5-9-18(15)24/h3-10,24H,11-13H2,1-2H3,(H,22,25). The van der Waals surface area contributed by atoms with Gasteiger partial charge in [0.05, 0.1) is 24.8 Å². The minimum Gasteiger partial charge on any atom is -0.508 e. The highest BCUT2D eigenvalue weighted by atomic mass is 16.5. The summed E-state index contributed by atoms with van der Waals surface area (Å²) >= 11 is 0. The Morgan fingerprint density at radius 2 is 1.93 bits per heavy atom. The number of methoxy groups -OCH3 is 1. The lowest BCUT2D eigenvalue weighted by Crippen LogP contribution is -2.27. The van der Waals surface area contributed by atoms with Crippen LogP contribution >= 0.6 is 0 Å². The molecule has 27 heavy (non-hydrogen) atoms. The maximum atomic E-state index is 12.2. The number of aryl methyl sites for hydroxylation is 1. The average molecular weight is 366 g/mol. The topological polar surface area (TPSA) is 84.6 Å². The van der Waals surface area contributed by atoms with Crippen LogP contribution in [-0.4, -0.2) is 29.7 Å². The van der Waals surface area contributed by atoms with Gasteiger partial charge in [0.25, 0.3) is 0 Å². The summed E-state index contributed by atoms with van der Waals surface area (Å²) in [5.41, 5.74) is 2.14. The van der Waals surface area contributed by atoms with Crippen LogP contribution in [0.25, 0.3) is 11.5 Å². The first-order valence-electron chi connectivity index (χ1n) is 8.71. The molecule has 0 radical (unpaired) electrons. The molecule has 0 atom stereocenters. The zero-order valence-corrected chi connectivity index (χ0v) is 15.4. The summed E-state index contributed by atoms with van der Waals surface area (Å²) in [7, 11) is 1.59. The van der Waals surface area contributed by atoms with E-state index in [-0.39, 0.29) is 18.1 Å². The molecular formula is C21H22N2O4. The van der Waals surface area contributed by atoms with Crippen LogP contribution in [0, 0.1) is 6.92 Å². The van der Waals surface area contributed by atoms with Crippen LogP contribution in [0.3, 0.4) is 0 Å². The summed E-state index contributed by atoms with van der Waals surface area (Å²) < 4.78 is 11.1. The van der Waals surface area contributed by atoms with E-state index in [2.05, 4.69) is 10.3 Å². The molecule has 1 heterocycles. The molecule has 1 amide bonds. The van der Waals surface area contributed by atoms with Crippen LogP contribution in [0.2, 0.25) is 0 Å². The van der Waals surface area contributed by atoms with Gasteiger partial charge in [-0.15, -0.1) is 0 Å². The molecule has 0 saturated heterocycles. The quantitative estimate of drug-likeness (QED) is 0.670. The molecule has 2 N–H and O–H groups in total. The van der Waals surface area contributed by atoms with Crippen molar-refractivity contribution >= 4 is 5.91 Å². The van der Waals surface area contributed by atoms with Gasteiger partial charge in [0.15, 0.2) is 0 Å². The molecule has 0 unspecified atom stereocenters. The largest absolute Gasteiger partial charge is 0.508 e. The molecule has 0 aliphatic rings. The van der Waals surface area contributed by atoms with Crippen LogP contribution < -0.4 is 10.1 Å². The summed E-state index contributed by atoms with van der Waals surface area (Å²) in [5, 5.41) is 12.6. The van der Waals surface area contributed by atoms with Gasteiger partial charge in [-0.1, -0.05) is 30.3 Å². The van der Waals surface area contributed by atoms with Gasteiger partial charge in [-0.2, -0.15) is 0 Å². The predicted octanol–water partition coefficient (Wildman–Crippen LogP) is 3.27.